The summed E-state index contributed by atoms with van der Waals surface area (Å²) in [6.45, 7) is 0. The van der Waals surface area contributed by atoms with Gasteiger partial charge in [0.15, 0.2) is 0 Å². The van der Waals surface area contributed by atoms with E-state index in [1.807, 2.05) is 66.9 Å². The minimum atomic E-state index is 0.755. The SMILES string of the molecule is c1ccc(-c2cc(-c3nc4ccccc4c4nc5c(ccc6cccnc65)cc34)cc(-c3ccccn3)n2)nc1. The lowest BCUT2D eigenvalue weighted by molar-refractivity contribution is 1.22. The predicted octanol–water partition coefficient (Wildman–Crippen LogP) is 7.67. The number of fused-ring (bicyclic) bond motifs is 6. The zero-order valence-corrected chi connectivity index (χ0v) is 21.2. The third kappa shape index (κ3) is 3.66. The molecule has 8 aromatic rings. The maximum Gasteiger partial charge on any atom is 0.0972 e. The van der Waals surface area contributed by atoms with Gasteiger partial charge < -0.3 is 0 Å². The van der Waals surface area contributed by atoms with Crippen LogP contribution in [0.1, 0.15) is 0 Å². The third-order valence-electron chi connectivity index (χ3n) is 7.16. The van der Waals surface area contributed by atoms with Gasteiger partial charge in [0.2, 0.25) is 0 Å². The smallest absolute Gasteiger partial charge is 0.0972 e. The topological polar surface area (TPSA) is 77.3 Å². The number of para-hydroxylation sites is 1. The summed E-state index contributed by atoms with van der Waals surface area (Å²) in [5.74, 6) is 0. The Morgan fingerprint density at radius 1 is 0.400 bits per heavy atom. The number of hydrogen-bond acceptors (Lipinski definition) is 6. The molecule has 6 aromatic heterocycles. The van der Waals surface area contributed by atoms with E-state index >= 15 is 0 Å². The minimum absolute atomic E-state index is 0.755. The zero-order valence-electron chi connectivity index (χ0n) is 21.2. The third-order valence-corrected chi connectivity index (χ3v) is 7.16. The Morgan fingerprint density at radius 3 is 1.85 bits per heavy atom. The first-order chi connectivity index (χ1) is 19.8. The fourth-order valence-electron chi connectivity index (χ4n) is 5.29. The van der Waals surface area contributed by atoms with Crippen LogP contribution in [-0.2, 0) is 0 Å². The second-order valence-electron chi connectivity index (χ2n) is 9.63. The summed E-state index contributed by atoms with van der Waals surface area (Å²) in [5, 5.41) is 4.04. The van der Waals surface area contributed by atoms with Crippen molar-refractivity contribution in [3.05, 3.63) is 122 Å². The van der Waals surface area contributed by atoms with Crippen molar-refractivity contribution in [3.63, 3.8) is 0 Å². The molecule has 0 amide bonds. The van der Waals surface area contributed by atoms with Gasteiger partial charge in [-0.1, -0.05) is 48.5 Å². The fraction of sp³-hybridized carbons (Fsp3) is 0. The summed E-state index contributed by atoms with van der Waals surface area (Å²) >= 11 is 0. The van der Waals surface area contributed by atoms with E-state index in [0.717, 1.165) is 77.6 Å². The second-order valence-corrected chi connectivity index (χ2v) is 9.63. The average molecular weight is 513 g/mol. The van der Waals surface area contributed by atoms with Crippen molar-refractivity contribution in [1.29, 1.82) is 0 Å². The first-order valence-corrected chi connectivity index (χ1v) is 13.0. The molecule has 0 aliphatic carbocycles. The molecule has 0 bridgehead atoms. The fourth-order valence-corrected chi connectivity index (χ4v) is 5.29. The Bertz CT molecular complexity index is 2160. The van der Waals surface area contributed by atoms with Gasteiger partial charge in [-0.2, -0.15) is 0 Å². The van der Waals surface area contributed by atoms with Gasteiger partial charge >= 0.3 is 0 Å². The monoisotopic (exact) mass is 512 g/mol. The molecular weight excluding hydrogens is 492 g/mol. The van der Waals surface area contributed by atoms with Crippen molar-refractivity contribution in [1.82, 2.24) is 29.9 Å². The highest BCUT2D eigenvalue weighted by Gasteiger charge is 2.17. The molecule has 186 valence electrons. The number of nitrogens with zero attached hydrogens (tertiary/aromatic N) is 6. The van der Waals surface area contributed by atoms with Crippen LogP contribution in [0.2, 0.25) is 0 Å². The van der Waals surface area contributed by atoms with Crippen LogP contribution in [0.15, 0.2) is 122 Å². The van der Waals surface area contributed by atoms with Crippen LogP contribution in [-0.4, -0.2) is 29.9 Å². The molecule has 6 nitrogen and oxygen atoms in total. The van der Waals surface area contributed by atoms with Gasteiger partial charge in [-0.3, -0.25) is 15.0 Å². The Hall–Kier alpha value is -5.62. The van der Waals surface area contributed by atoms with Gasteiger partial charge in [0.25, 0.3) is 0 Å². The minimum Gasteiger partial charge on any atom is -0.255 e. The molecule has 0 spiro atoms. The van der Waals surface area contributed by atoms with Crippen LogP contribution in [0.5, 0.6) is 0 Å². The molecule has 6 heteroatoms. The van der Waals surface area contributed by atoms with Gasteiger partial charge in [0, 0.05) is 45.7 Å². The van der Waals surface area contributed by atoms with Gasteiger partial charge in [0.05, 0.1) is 50.5 Å². The Kier molecular flexibility index (Phi) is 5.03. The highest BCUT2D eigenvalue weighted by molar-refractivity contribution is 6.15. The van der Waals surface area contributed by atoms with Crippen LogP contribution < -0.4 is 0 Å². The Morgan fingerprint density at radius 2 is 1.10 bits per heavy atom. The molecule has 40 heavy (non-hydrogen) atoms. The quantitative estimate of drug-likeness (QED) is 0.179. The summed E-state index contributed by atoms with van der Waals surface area (Å²) in [6.07, 6.45) is 5.38. The molecular formula is C34H20N6. The largest absolute Gasteiger partial charge is 0.255 e. The average Bonchev–Trinajstić information content (AvgIpc) is 3.04. The predicted molar refractivity (Wildman–Crippen MR) is 160 cm³/mol. The summed E-state index contributed by atoms with van der Waals surface area (Å²) in [6, 6.07) is 34.3. The highest BCUT2D eigenvalue weighted by Crippen LogP contribution is 2.37. The molecule has 0 atom stereocenters. The Balaban J connectivity index is 1.48. The molecule has 0 fully saturated rings. The lowest BCUT2D eigenvalue weighted by atomic mass is 9.99. The van der Waals surface area contributed by atoms with E-state index in [1.165, 1.54) is 0 Å². The van der Waals surface area contributed by atoms with E-state index in [-0.39, 0.29) is 0 Å². The lowest BCUT2D eigenvalue weighted by Crippen LogP contribution is -1.97. The van der Waals surface area contributed by atoms with E-state index in [4.69, 9.17) is 15.0 Å². The summed E-state index contributed by atoms with van der Waals surface area (Å²) in [5.41, 5.74) is 8.38. The van der Waals surface area contributed by atoms with Crippen molar-refractivity contribution in [3.8, 4) is 34.0 Å². The molecule has 6 heterocycles. The first kappa shape index (κ1) is 22.4. The van der Waals surface area contributed by atoms with E-state index in [1.54, 1.807) is 12.4 Å². The molecule has 0 unspecified atom stereocenters. The van der Waals surface area contributed by atoms with E-state index in [9.17, 15) is 0 Å². The molecule has 0 aliphatic rings. The maximum absolute atomic E-state index is 5.24. The van der Waals surface area contributed by atoms with Gasteiger partial charge in [0.1, 0.15) is 0 Å². The number of pyridine rings is 6. The van der Waals surface area contributed by atoms with Gasteiger partial charge in [-0.15, -0.1) is 0 Å². The van der Waals surface area contributed by atoms with Gasteiger partial charge in [-0.25, -0.2) is 15.0 Å². The zero-order chi connectivity index (χ0) is 26.5. The second kappa shape index (κ2) is 8.99. The standard InChI is InChI=1S/C34H20N6/c1-2-10-26-24(9-1)34-25(18-22-14-13-21-8-7-17-37-32(21)33(22)40-34)31(39-26)23-19-29(27-11-3-5-15-35-27)38-30(20-23)28-12-4-6-16-36-28/h1-20H. The normalized spacial score (nSPS) is 11.5. The lowest BCUT2D eigenvalue weighted by Gasteiger charge is -2.13. The molecule has 0 saturated heterocycles. The molecule has 0 N–H and O–H groups in total. The van der Waals surface area contributed by atoms with Crippen LogP contribution in [0.3, 0.4) is 0 Å². The van der Waals surface area contributed by atoms with E-state index in [0.29, 0.717) is 0 Å². The van der Waals surface area contributed by atoms with Gasteiger partial charge in [-0.05, 0) is 54.6 Å². The number of benzene rings is 2. The maximum atomic E-state index is 5.24. The first-order valence-electron chi connectivity index (χ1n) is 13.0. The van der Waals surface area contributed by atoms with E-state index < -0.39 is 0 Å². The summed E-state index contributed by atoms with van der Waals surface area (Å²) in [7, 11) is 0. The number of rotatable bonds is 3. The Labute approximate surface area is 229 Å². The van der Waals surface area contributed by atoms with Crippen LogP contribution in [0.25, 0.3) is 77.6 Å². The van der Waals surface area contributed by atoms with Crippen LogP contribution >= 0.6 is 0 Å². The summed E-state index contributed by atoms with van der Waals surface area (Å²) in [4.78, 5) is 29.2. The molecule has 2 aromatic carbocycles. The van der Waals surface area contributed by atoms with Crippen molar-refractivity contribution >= 4 is 43.6 Å². The highest BCUT2D eigenvalue weighted by atomic mass is 14.8. The van der Waals surface area contributed by atoms with Crippen molar-refractivity contribution in [2.24, 2.45) is 0 Å². The van der Waals surface area contributed by atoms with Crippen molar-refractivity contribution < 1.29 is 0 Å². The molecule has 8 rings (SSSR count). The molecule has 0 saturated carbocycles. The molecule has 0 radical (unpaired) electrons. The van der Waals surface area contributed by atoms with Crippen LogP contribution in [0, 0.1) is 0 Å². The number of aromatic nitrogens is 6. The number of hydrogen-bond donors (Lipinski definition) is 0. The summed E-state index contributed by atoms with van der Waals surface area (Å²) < 4.78 is 0. The van der Waals surface area contributed by atoms with Crippen molar-refractivity contribution in [2.45, 2.75) is 0 Å². The van der Waals surface area contributed by atoms with Crippen LogP contribution in [0.4, 0.5) is 0 Å². The van der Waals surface area contributed by atoms with E-state index in [2.05, 4.69) is 57.4 Å². The molecule has 0 aliphatic heterocycles. The van der Waals surface area contributed by atoms with Crippen molar-refractivity contribution in [2.75, 3.05) is 0 Å².